The maximum absolute atomic E-state index is 12.1. The molecule has 5 heteroatoms. The van der Waals surface area contributed by atoms with Gasteiger partial charge in [0.25, 0.3) is 0 Å². The number of methoxy groups -OCH3 is 1. The van der Waals surface area contributed by atoms with E-state index in [2.05, 4.69) is 9.72 Å². The number of halogens is 2. The van der Waals surface area contributed by atoms with Gasteiger partial charge < -0.3 is 4.74 Å². The van der Waals surface area contributed by atoms with Crippen molar-refractivity contribution in [3.05, 3.63) is 18.2 Å². The molecule has 0 aliphatic carbocycles. The van der Waals surface area contributed by atoms with Gasteiger partial charge in [0.15, 0.2) is 0 Å². The van der Waals surface area contributed by atoms with Crippen LogP contribution in [0.1, 0.15) is 12.4 Å². The van der Waals surface area contributed by atoms with Gasteiger partial charge in [-0.2, -0.15) is 8.78 Å². The highest BCUT2D eigenvalue weighted by Gasteiger charge is 2.09. The van der Waals surface area contributed by atoms with Crippen molar-refractivity contribution in [2.45, 2.75) is 13.2 Å². The zero-order valence-corrected chi connectivity index (χ0v) is 6.00. The highest BCUT2D eigenvalue weighted by Crippen LogP contribution is 2.12. The summed E-state index contributed by atoms with van der Waals surface area (Å²) in [5.74, 6) is 0.238. The summed E-state index contributed by atoms with van der Waals surface area (Å²) >= 11 is 0. The van der Waals surface area contributed by atoms with E-state index >= 15 is 0 Å². The van der Waals surface area contributed by atoms with Crippen molar-refractivity contribution in [2.75, 3.05) is 7.11 Å². The van der Waals surface area contributed by atoms with Gasteiger partial charge in [-0.1, -0.05) is 0 Å². The van der Waals surface area contributed by atoms with E-state index in [9.17, 15) is 8.78 Å². The zero-order valence-electron chi connectivity index (χ0n) is 6.00. The van der Waals surface area contributed by atoms with Crippen molar-refractivity contribution in [3.8, 4) is 0 Å². The molecule has 0 unspecified atom stereocenters. The van der Waals surface area contributed by atoms with Crippen molar-refractivity contribution >= 4 is 0 Å². The molecule has 0 saturated heterocycles. The minimum absolute atomic E-state index is 0.108. The van der Waals surface area contributed by atoms with Gasteiger partial charge >= 0.3 is 6.55 Å². The molecule has 11 heavy (non-hydrogen) atoms. The van der Waals surface area contributed by atoms with Crippen LogP contribution in [0.15, 0.2) is 12.4 Å². The van der Waals surface area contributed by atoms with E-state index in [4.69, 9.17) is 0 Å². The van der Waals surface area contributed by atoms with Crippen molar-refractivity contribution in [3.63, 3.8) is 0 Å². The van der Waals surface area contributed by atoms with E-state index in [-0.39, 0.29) is 12.4 Å². The number of imidazole rings is 1. The molecular weight excluding hydrogens is 154 g/mol. The highest BCUT2D eigenvalue weighted by molar-refractivity contribution is 4.90. The molecule has 1 heterocycles. The molecule has 62 valence electrons. The van der Waals surface area contributed by atoms with Crippen LogP contribution in [-0.2, 0) is 11.3 Å². The molecule has 0 saturated carbocycles. The van der Waals surface area contributed by atoms with Crippen molar-refractivity contribution in [1.29, 1.82) is 0 Å². The molecule has 0 aliphatic rings. The molecule has 1 rings (SSSR count). The summed E-state index contributed by atoms with van der Waals surface area (Å²) in [4.78, 5) is 3.69. The standard InChI is InChI=1S/C6H8F2N2O/c1-11-4-5-9-2-3-10(5)6(7)8/h2-3,6H,4H2,1H3. The number of ether oxygens (including phenoxy) is 1. The molecule has 0 fully saturated rings. The van der Waals surface area contributed by atoms with Crippen molar-refractivity contribution < 1.29 is 13.5 Å². The fourth-order valence-corrected chi connectivity index (χ4v) is 0.763. The first-order valence-electron chi connectivity index (χ1n) is 3.04. The fraction of sp³-hybridized carbons (Fsp3) is 0.500. The first-order valence-corrected chi connectivity index (χ1v) is 3.04. The number of hydrogen-bond acceptors (Lipinski definition) is 2. The van der Waals surface area contributed by atoms with Gasteiger partial charge in [-0.25, -0.2) is 4.98 Å². The van der Waals surface area contributed by atoms with Crippen LogP contribution in [0.25, 0.3) is 0 Å². The predicted molar refractivity (Wildman–Crippen MR) is 34.2 cm³/mol. The monoisotopic (exact) mass is 162 g/mol. The summed E-state index contributed by atoms with van der Waals surface area (Å²) in [6.45, 7) is -2.43. The molecule has 1 aromatic heterocycles. The number of aromatic nitrogens is 2. The molecule has 0 amide bonds. The van der Waals surface area contributed by atoms with Crippen LogP contribution >= 0.6 is 0 Å². The second-order valence-corrected chi connectivity index (χ2v) is 1.96. The Balaban J connectivity index is 2.78. The zero-order chi connectivity index (χ0) is 8.27. The smallest absolute Gasteiger partial charge is 0.320 e. The summed E-state index contributed by atoms with van der Waals surface area (Å²) in [6, 6.07) is 0. The van der Waals surface area contributed by atoms with Crippen LogP contribution in [0.5, 0.6) is 0 Å². The lowest BCUT2D eigenvalue weighted by Crippen LogP contribution is -2.04. The Labute approximate surface area is 62.6 Å². The molecule has 0 N–H and O–H groups in total. The molecule has 1 aromatic rings. The van der Waals surface area contributed by atoms with Crippen molar-refractivity contribution in [2.24, 2.45) is 0 Å². The van der Waals surface area contributed by atoms with Gasteiger partial charge in [0, 0.05) is 19.5 Å². The first-order chi connectivity index (χ1) is 5.25. The van der Waals surface area contributed by atoms with Crippen LogP contribution in [0.2, 0.25) is 0 Å². The van der Waals surface area contributed by atoms with E-state index in [1.807, 2.05) is 0 Å². The average Bonchev–Trinajstić information content (AvgIpc) is 2.36. The third kappa shape index (κ3) is 1.74. The van der Waals surface area contributed by atoms with Crippen LogP contribution in [0, 0.1) is 0 Å². The second-order valence-electron chi connectivity index (χ2n) is 1.96. The van der Waals surface area contributed by atoms with Gasteiger partial charge in [-0.15, -0.1) is 0 Å². The molecule has 0 radical (unpaired) electrons. The third-order valence-electron chi connectivity index (χ3n) is 1.23. The van der Waals surface area contributed by atoms with Crippen molar-refractivity contribution in [1.82, 2.24) is 9.55 Å². The number of nitrogens with zero attached hydrogens (tertiary/aromatic N) is 2. The van der Waals surface area contributed by atoms with E-state index in [0.717, 1.165) is 4.57 Å². The molecule has 0 atom stereocenters. The lowest BCUT2D eigenvalue weighted by atomic mass is 10.6. The Kier molecular flexibility index (Phi) is 2.53. The summed E-state index contributed by atoms with van der Waals surface area (Å²) in [6.07, 6.45) is 2.54. The Bertz CT molecular complexity index is 224. The summed E-state index contributed by atoms with van der Waals surface area (Å²) < 4.78 is 29.5. The minimum atomic E-state index is -2.54. The quantitative estimate of drug-likeness (QED) is 0.672. The van der Waals surface area contributed by atoms with Crippen LogP contribution in [-0.4, -0.2) is 16.7 Å². The third-order valence-corrected chi connectivity index (χ3v) is 1.23. The summed E-state index contributed by atoms with van der Waals surface area (Å²) in [7, 11) is 1.44. The predicted octanol–water partition coefficient (Wildman–Crippen LogP) is 1.42. The average molecular weight is 162 g/mol. The van der Waals surface area contributed by atoms with Gasteiger partial charge in [-0.05, 0) is 0 Å². The Hall–Kier alpha value is -0.970. The number of rotatable bonds is 3. The lowest BCUT2D eigenvalue weighted by molar-refractivity contribution is 0.0588. The van der Waals surface area contributed by atoms with Gasteiger partial charge in [0.1, 0.15) is 12.4 Å². The molecular formula is C6H8F2N2O. The van der Waals surface area contributed by atoms with E-state index in [1.165, 1.54) is 19.5 Å². The SMILES string of the molecule is COCc1nccn1C(F)F. The maximum atomic E-state index is 12.1. The van der Waals surface area contributed by atoms with E-state index in [0.29, 0.717) is 0 Å². The lowest BCUT2D eigenvalue weighted by Gasteiger charge is -2.03. The Morgan fingerprint density at radius 2 is 2.45 bits per heavy atom. The summed E-state index contributed by atoms with van der Waals surface area (Å²) in [5, 5.41) is 0. The Morgan fingerprint density at radius 3 is 3.00 bits per heavy atom. The van der Waals surface area contributed by atoms with Crippen LogP contribution in [0.3, 0.4) is 0 Å². The van der Waals surface area contributed by atoms with E-state index in [1.54, 1.807) is 0 Å². The van der Waals surface area contributed by atoms with Gasteiger partial charge in [-0.3, -0.25) is 4.57 Å². The molecule has 0 aliphatic heterocycles. The van der Waals surface area contributed by atoms with Crippen LogP contribution in [0.4, 0.5) is 8.78 Å². The Morgan fingerprint density at radius 1 is 1.73 bits per heavy atom. The fourth-order valence-electron chi connectivity index (χ4n) is 0.763. The number of hydrogen-bond donors (Lipinski definition) is 0. The minimum Gasteiger partial charge on any atom is -0.377 e. The summed E-state index contributed by atoms with van der Waals surface area (Å²) in [5.41, 5.74) is 0. The normalized spacial score (nSPS) is 10.9. The topological polar surface area (TPSA) is 27.1 Å². The largest absolute Gasteiger partial charge is 0.377 e. The molecule has 0 aromatic carbocycles. The molecule has 0 spiro atoms. The van der Waals surface area contributed by atoms with Gasteiger partial charge in [0.2, 0.25) is 0 Å². The second kappa shape index (κ2) is 3.43. The molecule has 0 bridgehead atoms. The maximum Gasteiger partial charge on any atom is 0.320 e. The number of alkyl halides is 2. The molecule has 3 nitrogen and oxygen atoms in total. The van der Waals surface area contributed by atoms with Gasteiger partial charge in [0.05, 0.1) is 0 Å². The highest BCUT2D eigenvalue weighted by atomic mass is 19.3. The van der Waals surface area contributed by atoms with Crippen LogP contribution < -0.4 is 0 Å². The first kappa shape index (κ1) is 8.13. The van der Waals surface area contributed by atoms with E-state index < -0.39 is 6.55 Å².